The molecule has 2 rings (SSSR count). The smallest absolute Gasteiger partial charge is 0.103 e. The van der Waals surface area contributed by atoms with E-state index in [1.165, 1.54) is 41.3 Å². The number of thiazole rings is 1. The molecule has 108 valence electrons. The second kappa shape index (κ2) is 6.59. The van der Waals surface area contributed by atoms with E-state index in [-0.39, 0.29) is 5.41 Å². The Morgan fingerprint density at radius 3 is 2.58 bits per heavy atom. The fourth-order valence-corrected chi connectivity index (χ4v) is 5.21. The monoisotopic (exact) mass is 298 g/mol. The lowest BCUT2D eigenvalue weighted by atomic mass is 9.91. The third kappa shape index (κ3) is 4.20. The van der Waals surface area contributed by atoms with Crippen LogP contribution in [0.1, 0.15) is 62.0 Å². The molecule has 1 aromatic heterocycles. The van der Waals surface area contributed by atoms with Crippen LogP contribution in [0.2, 0.25) is 0 Å². The number of rotatable bonds is 5. The van der Waals surface area contributed by atoms with Crippen LogP contribution in [-0.2, 0) is 17.7 Å². The van der Waals surface area contributed by atoms with Crippen molar-refractivity contribution in [2.45, 2.75) is 69.4 Å². The van der Waals surface area contributed by atoms with E-state index in [9.17, 15) is 0 Å². The molecule has 19 heavy (non-hydrogen) atoms. The Balaban J connectivity index is 2.04. The number of aromatic nitrogens is 1. The van der Waals surface area contributed by atoms with Crippen molar-refractivity contribution in [1.29, 1.82) is 0 Å². The Hall–Kier alpha value is -0.0600. The summed E-state index contributed by atoms with van der Waals surface area (Å²) in [6.07, 6.45) is 5.67. The molecule has 1 aromatic rings. The average Bonchev–Trinajstić information content (AvgIpc) is 2.94. The SMILES string of the molecule is CNCc1sc(CSC2CCCC2)nc1C(C)(C)C. The van der Waals surface area contributed by atoms with E-state index >= 15 is 0 Å². The van der Waals surface area contributed by atoms with Gasteiger partial charge in [-0.05, 0) is 19.9 Å². The van der Waals surface area contributed by atoms with Gasteiger partial charge in [0.05, 0.1) is 5.69 Å². The minimum absolute atomic E-state index is 0.152. The zero-order chi connectivity index (χ0) is 13.9. The van der Waals surface area contributed by atoms with Crippen molar-refractivity contribution < 1.29 is 0 Å². The Kier molecular flexibility index (Phi) is 5.32. The molecule has 0 aliphatic heterocycles. The molecule has 1 heterocycles. The molecule has 0 amide bonds. The highest BCUT2D eigenvalue weighted by Crippen LogP contribution is 2.35. The van der Waals surface area contributed by atoms with Crippen molar-refractivity contribution in [2.24, 2.45) is 0 Å². The number of nitrogens with zero attached hydrogens (tertiary/aromatic N) is 1. The van der Waals surface area contributed by atoms with Crippen LogP contribution in [0.3, 0.4) is 0 Å². The zero-order valence-electron chi connectivity index (χ0n) is 12.6. The van der Waals surface area contributed by atoms with E-state index in [1.807, 2.05) is 18.4 Å². The van der Waals surface area contributed by atoms with Crippen LogP contribution >= 0.6 is 23.1 Å². The molecule has 0 atom stereocenters. The van der Waals surface area contributed by atoms with Crippen LogP contribution < -0.4 is 5.32 Å². The predicted molar refractivity (Wildman–Crippen MR) is 87.1 cm³/mol. The van der Waals surface area contributed by atoms with E-state index in [0.717, 1.165) is 17.5 Å². The first kappa shape index (κ1) is 15.3. The van der Waals surface area contributed by atoms with Crippen molar-refractivity contribution in [3.05, 3.63) is 15.6 Å². The van der Waals surface area contributed by atoms with E-state index < -0.39 is 0 Å². The molecule has 4 heteroatoms. The molecule has 1 N–H and O–H groups in total. The Labute approximate surface area is 125 Å². The molecule has 0 saturated heterocycles. The standard InChI is InChI=1S/C15H26N2S2/c1-15(2,3)14-12(9-16-4)19-13(17-14)10-18-11-7-5-6-8-11/h11,16H,5-10H2,1-4H3. The fraction of sp³-hybridized carbons (Fsp3) is 0.800. The molecular weight excluding hydrogens is 272 g/mol. The van der Waals surface area contributed by atoms with E-state index in [2.05, 4.69) is 37.8 Å². The van der Waals surface area contributed by atoms with Crippen LogP contribution in [0, 0.1) is 0 Å². The summed E-state index contributed by atoms with van der Waals surface area (Å²) >= 11 is 4.02. The summed E-state index contributed by atoms with van der Waals surface area (Å²) in [5.74, 6) is 1.10. The summed E-state index contributed by atoms with van der Waals surface area (Å²) in [7, 11) is 2.01. The first-order valence-electron chi connectivity index (χ1n) is 7.26. The third-order valence-corrected chi connectivity index (χ3v) is 6.16. The lowest BCUT2D eigenvalue weighted by Crippen LogP contribution is -2.16. The van der Waals surface area contributed by atoms with Gasteiger partial charge in [0.2, 0.25) is 0 Å². The number of nitrogens with one attached hydrogen (secondary N) is 1. The number of thioether (sulfide) groups is 1. The largest absolute Gasteiger partial charge is 0.315 e. The van der Waals surface area contributed by atoms with Gasteiger partial charge in [0, 0.05) is 27.8 Å². The topological polar surface area (TPSA) is 24.9 Å². The summed E-state index contributed by atoms with van der Waals surface area (Å²) in [6.45, 7) is 7.72. The van der Waals surface area contributed by atoms with Crippen molar-refractivity contribution >= 4 is 23.1 Å². The van der Waals surface area contributed by atoms with Gasteiger partial charge in [0.1, 0.15) is 5.01 Å². The third-order valence-electron chi connectivity index (χ3n) is 3.53. The number of hydrogen-bond donors (Lipinski definition) is 1. The van der Waals surface area contributed by atoms with Crippen LogP contribution in [0.25, 0.3) is 0 Å². The van der Waals surface area contributed by atoms with Gasteiger partial charge in [-0.25, -0.2) is 4.98 Å². The van der Waals surface area contributed by atoms with Gasteiger partial charge < -0.3 is 5.32 Å². The summed E-state index contributed by atoms with van der Waals surface area (Å²) in [5, 5.41) is 5.47. The fourth-order valence-electron chi connectivity index (χ4n) is 2.57. The second-order valence-corrected chi connectivity index (χ2v) is 8.83. The van der Waals surface area contributed by atoms with Crippen LogP contribution in [0.15, 0.2) is 0 Å². The molecule has 0 bridgehead atoms. The van der Waals surface area contributed by atoms with Crippen molar-refractivity contribution in [1.82, 2.24) is 10.3 Å². The van der Waals surface area contributed by atoms with Crippen LogP contribution in [-0.4, -0.2) is 17.3 Å². The van der Waals surface area contributed by atoms with Crippen molar-refractivity contribution in [3.8, 4) is 0 Å². The van der Waals surface area contributed by atoms with E-state index in [1.54, 1.807) is 0 Å². The highest BCUT2D eigenvalue weighted by Gasteiger charge is 2.23. The molecule has 1 aliphatic rings. The van der Waals surface area contributed by atoms with Gasteiger partial charge in [-0.15, -0.1) is 11.3 Å². The van der Waals surface area contributed by atoms with Crippen molar-refractivity contribution in [3.63, 3.8) is 0 Å². The Bertz CT molecular complexity index is 401. The lowest BCUT2D eigenvalue weighted by Gasteiger charge is -2.17. The Morgan fingerprint density at radius 2 is 2.00 bits per heavy atom. The Morgan fingerprint density at radius 1 is 1.32 bits per heavy atom. The first-order valence-corrected chi connectivity index (χ1v) is 9.12. The maximum atomic E-state index is 4.92. The van der Waals surface area contributed by atoms with Crippen molar-refractivity contribution in [2.75, 3.05) is 7.05 Å². The minimum Gasteiger partial charge on any atom is -0.315 e. The molecule has 0 spiro atoms. The van der Waals surface area contributed by atoms with Crippen LogP contribution in [0.4, 0.5) is 0 Å². The van der Waals surface area contributed by atoms with Gasteiger partial charge >= 0.3 is 0 Å². The first-order chi connectivity index (χ1) is 9.00. The molecule has 1 aliphatic carbocycles. The van der Waals surface area contributed by atoms with Gasteiger partial charge in [0.15, 0.2) is 0 Å². The quantitative estimate of drug-likeness (QED) is 0.875. The summed E-state index contributed by atoms with van der Waals surface area (Å²) < 4.78 is 0. The predicted octanol–water partition coefficient (Wildman–Crippen LogP) is 4.34. The van der Waals surface area contributed by atoms with Gasteiger partial charge in [0.25, 0.3) is 0 Å². The lowest BCUT2D eigenvalue weighted by molar-refractivity contribution is 0.562. The normalized spacial score (nSPS) is 17.3. The molecule has 2 nitrogen and oxygen atoms in total. The second-order valence-electron chi connectivity index (χ2n) is 6.38. The molecule has 0 unspecified atom stereocenters. The molecule has 0 radical (unpaired) electrons. The van der Waals surface area contributed by atoms with E-state index in [4.69, 9.17) is 4.98 Å². The highest BCUT2D eigenvalue weighted by atomic mass is 32.2. The number of hydrogen-bond acceptors (Lipinski definition) is 4. The maximum Gasteiger partial charge on any atom is 0.103 e. The summed E-state index contributed by atoms with van der Waals surface area (Å²) in [4.78, 5) is 6.33. The molecule has 0 aromatic carbocycles. The molecule has 1 saturated carbocycles. The summed E-state index contributed by atoms with van der Waals surface area (Å²) in [6, 6.07) is 0. The van der Waals surface area contributed by atoms with Gasteiger partial charge in [-0.2, -0.15) is 11.8 Å². The molecule has 1 fully saturated rings. The maximum absolute atomic E-state index is 4.92. The minimum atomic E-state index is 0.152. The summed E-state index contributed by atoms with van der Waals surface area (Å²) in [5.41, 5.74) is 1.44. The molecular formula is C15H26N2S2. The van der Waals surface area contributed by atoms with Crippen LogP contribution in [0.5, 0.6) is 0 Å². The van der Waals surface area contributed by atoms with E-state index in [0.29, 0.717) is 0 Å². The van der Waals surface area contributed by atoms with Gasteiger partial charge in [-0.3, -0.25) is 0 Å². The highest BCUT2D eigenvalue weighted by molar-refractivity contribution is 7.99. The average molecular weight is 299 g/mol. The van der Waals surface area contributed by atoms with Gasteiger partial charge in [-0.1, -0.05) is 33.6 Å². The zero-order valence-corrected chi connectivity index (χ0v) is 14.2.